The van der Waals surface area contributed by atoms with E-state index in [4.69, 9.17) is 5.73 Å². The Morgan fingerprint density at radius 3 is 2.64 bits per heavy atom. The summed E-state index contributed by atoms with van der Waals surface area (Å²) in [7, 11) is 1.88. The fraction of sp³-hybridized carbons (Fsp3) is 0.571. The number of nitrogens with one attached hydrogen (secondary N) is 1. The molecule has 0 spiro atoms. The van der Waals surface area contributed by atoms with Crippen molar-refractivity contribution in [3.8, 4) is 0 Å². The Balaban J connectivity index is 3.02. The molecule has 0 aliphatic rings. The van der Waals surface area contributed by atoms with Gasteiger partial charge in [0.15, 0.2) is 0 Å². The van der Waals surface area contributed by atoms with Crippen LogP contribution in [-0.4, -0.2) is 16.3 Å². The van der Waals surface area contributed by atoms with Crippen molar-refractivity contribution < 1.29 is 0 Å². The smallest absolute Gasteiger partial charge is 0.147 e. The molecule has 0 aliphatic heterocycles. The van der Waals surface area contributed by atoms with Crippen molar-refractivity contribution in [1.29, 1.82) is 0 Å². The molecule has 0 amide bonds. The van der Waals surface area contributed by atoms with Crippen LogP contribution >= 0.6 is 0 Å². The zero-order valence-electron chi connectivity index (χ0n) is 7.18. The van der Waals surface area contributed by atoms with E-state index in [9.17, 15) is 0 Å². The van der Waals surface area contributed by atoms with Gasteiger partial charge >= 0.3 is 0 Å². The van der Waals surface area contributed by atoms with E-state index >= 15 is 0 Å². The third-order valence-corrected chi connectivity index (χ3v) is 1.61. The number of hydrogen-bond donors (Lipinski definition) is 2. The number of nitrogen functional groups attached to an aromatic ring is 1. The lowest BCUT2D eigenvalue weighted by atomic mass is 10.4. The van der Waals surface area contributed by atoms with Crippen molar-refractivity contribution in [2.75, 3.05) is 17.6 Å². The molecule has 4 heteroatoms. The molecule has 1 heterocycles. The van der Waals surface area contributed by atoms with Gasteiger partial charge in [-0.05, 0) is 13.8 Å². The first kappa shape index (κ1) is 7.91. The van der Waals surface area contributed by atoms with Crippen LogP contribution in [0.5, 0.6) is 0 Å². The van der Waals surface area contributed by atoms with Crippen LogP contribution in [0, 0.1) is 6.92 Å². The first-order valence-corrected chi connectivity index (χ1v) is 3.69. The molecule has 1 aromatic heterocycles. The molecule has 0 radical (unpaired) electrons. The largest absolute Gasteiger partial charge is 0.394 e. The Kier molecular flexibility index (Phi) is 2.03. The van der Waals surface area contributed by atoms with Crippen LogP contribution < -0.4 is 11.1 Å². The van der Waals surface area contributed by atoms with Gasteiger partial charge in [-0.1, -0.05) is 0 Å². The van der Waals surface area contributed by atoms with Crippen molar-refractivity contribution >= 4 is 11.5 Å². The lowest BCUT2D eigenvalue weighted by molar-refractivity contribution is 0.760. The molecule has 62 valence electrons. The minimum Gasteiger partial charge on any atom is -0.394 e. The quantitative estimate of drug-likeness (QED) is 0.660. The highest BCUT2D eigenvalue weighted by atomic mass is 15.3. The Hall–Kier alpha value is -1.19. The maximum atomic E-state index is 5.74. The maximum absolute atomic E-state index is 5.74. The molecule has 0 saturated carbocycles. The average Bonchev–Trinajstić information content (AvgIpc) is 2.17. The van der Waals surface area contributed by atoms with Crippen LogP contribution in [0.3, 0.4) is 0 Å². The van der Waals surface area contributed by atoms with E-state index in [2.05, 4.69) is 10.4 Å². The molecule has 4 nitrogen and oxygen atoms in total. The number of rotatable bonds is 2. The minimum atomic E-state index is 0.745. The van der Waals surface area contributed by atoms with Gasteiger partial charge in [0.05, 0.1) is 11.4 Å². The van der Waals surface area contributed by atoms with Gasteiger partial charge in [-0.3, -0.25) is 4.68 Å². The van der Waals surface area contributed by atoms with Crippen molar-refractivity contribution in [2.45, 2.75) is 13.8 Å². The van der Waals surface area contributed by atoms with Gasteiger partial charge < -0.3 is 11.1 Å². The number of nitrogens with two attached hydrogens (primary N) is 1. The molecular weight excluding hydrogens is 140 g/mol. The minimum absolute atomic E-state index is 0.745. The Bertz CT molecular complexity index is 251. The van der Waals surface area contributed by atoms with E-state index in [1.807, 2.05) is 20.9 Å². The Morgan fingerprint density at radius 2 is 2.27 bits per heavy atom. The van der Waals surface area contributed by atoms with Crippen molar-refractivity contribution in [3.63, 3.8) is 0 Å². The van der Waals surface area contributed by atoms with Crippen LogP contribution in [0.1, 0.15) is 12.6 Å². The van der Waals surface area contributed by atoms with E-state index in [0.717, 1.165) is 23.7 Å². The van der Waals surface area contributed by atoms with Crippen LogP contribution in [0.4, 0.5) is 11.5 Å². The maximum Gasteiger partial charge on any atom is 0.147 e. The highest BCUT2D eigenvalue weighted by Crippen LogP contribution is 2.19. The second-order valence-electron chi connectivity index (χ2n) is 2.50. The van der Waals surface area contributed by atoms with Crippen molar-refractivity contribution in [3.05, 3.63) is 5.69 Å². The monoisotopic (exact) mass is 154 g/mol. The summed E-state index contributed by atoms with van der Waals surface area (Å²) < 4.78 is 1.76. The van der Waals surface area contributed by atoms with Gasteiger partial charge in [0.25, 0.3) is 0 Å². The van der Waals surface area contributed by atoms with Crippen LogP contribution in [0.15, 0.2) is 0 Å². The van der Waals surface area contributed by atoms with E-state index in [1.165, 1.54) is 0 Å². The SMILES string of the molecule is CCNc1c(N)c(C)nn1C. The number of hydrogen-bond acceptors (Lipinski definition) is 3. The summed E-state index contributed by atoms with van der Waals surface area (Å²) in [4.78, 5) is 0. The van der Waals surface area contributed by atoms with E-state index in [-0.39, 0.29) is 0 Å². The van der Waals surface area contributed by atoms with E-state index < -0.39 is 0 Å². The van der Waals surface area contributed by atoms with E-state index in [1.54, 1.807) is 4.68 Å². The third kappa shape index (κ3) is 1.29. The van der Waals surface area contributed by atoms with Gasteiger partial charge in [-0.25, -0.2) is 0 Å². The second-order valence-corrected chi connectivity index (χ2v) is 2.50. The summed E-state index contributed by atoms with van der Waals surface area (Å²) in [5.74, 6) is 0.907. The third-order valence-electron chi connectivity index (χ3n) is 1.61. The molecule has 0 unspecified atom stereocenters. The molecule has 0 fully saturated rings. The molecular formula is C7H14N4. The highest BCUT2D eigenvalue weighted by Gasteiger charge is 2.07. The molecule has 0 atom stereocenters. The summed E-state index contributed by atoms with van der Waals surface area (Å²) in [5.41, 5.74) is 7.37. The first-order valence-electron chi connectivity index (χ1n) is 3.69. The second kappa shape index (κ2) is 2.82. The Morgan fingerprint density at radius 1 is 1.64 bits per heavy atom. The summed E-state index contributed by atoms with van der Waals surface area (Å²) >= 11 is 0. The van der Waals surface area contributed by atoms with Crippen LogP contribution in [0.2, 0.25) is 0 Å². The Labute approximate surface area is 66.4 Å². The zero-order chi connectivity index (χ0) is 8.43. The lowest BCUT2D eigenvalue weighted by Gasteiger charge is -2.03. The summed E-state index contributed by atoms with van der Waals surface area (Å²) in [6.45, 7) is 4.79. The standard InChI is InChI=1S/C7H14N4/c1-4-9-7-6(8)5(2)10-11(7)3/h9H,4,8H2,1-3H3. The number of aryl methyl sites for hydroxylation is 2. The predicted molar refractivity (Wildman–Crippen MR) is 46.5 cm³/mol. The summed E-state index contributed by atoms with van der Waals surface area (Å²) in [6, 6.07) is 0. The highest BCUT2D eigenvalue weighted by molar-refractivity contribution is 5.64. The van der Waals surface area contributed by atoms with Crippen LogP contribution in [-0.2, 0) is 7.05 Å². The van der Waals surface area contributed by atoms with Gasteiger partial charge in [0.1, 0.15) is 5.82 Å². The van der Waals surface area contributed by atoms with Gasteiger partial charge in [-0.2, -0.15) is 5.10 Å². The first-order chi connectivity index (χ1) is 5.16. The molecule has 0 saturated heterocycles. The summed E-state index contributed by atoms with van der Waals surface area (Å²) in [6.07, 6.45) is 0. The molecule has 1 aromatic rings. The molecule has 3 N–H and O–H groups in total. The normalized spacial score (nSPS) is 10.1. The number of nitrogens with zero attached hydrogens (tertiary/aromatic N) is 2. The zero-order valence-corrected chi connectivity index (χ0v) is 7.18. The summed E-state index contributed by atoms with van der Waals surface area (Å²) in [5, 5.41) is 7.30. The molecule has 0 bridgehead atoms. The topological polar surface area (TPSA) is 55.9 Å². The van der Waals surface area contributed by atoms with E-state index in [0.29, 0.717) is 0 Å². The molecule has 0 aliphatic carbocycles. The molecule has 1 rings (SSSR count). The lowest BCUT2D eigenvalue weighted by Crippen LogP contribution is -2.04. The van der Waals surface area contributed by atoms with Crippen molar-refractivity contribution in [2.24, 2.45) is 7.05 Å². The fourth-order valence-electron chi connectivity index (χ4n) is 1.05. The fourth-order valence-corrected chi connectivity index (χ4v) is 1.05. The number of anilines is 2. The number of aromatic nitrogens is 2. The van der Waals surface area contributed by atoms with Gasteiger partial charge in [0, 0.05) is 13.6 Å². The average molecular weight is 154 g/mol. The molecule has 11 heavy (non-hydrogen) atoms. The predicted octanol–water partition coefficient (Wildman–Crippen LogP) is 0.743. The van der Waals surface area contributed by atoms with Crippen LogP contribution in [0.25, 0.3) is 0 Å². The van der Waals surface area contributed by atoms with Gasteiger partial charge in [0.2, 0.25) is 0 Å². The van der Waals surface area contributed by atoms with Gasteiger partial charge in [-0.15, -0.1) is 0 Å². The molecule has 0 aromatic carbocycles. The van der Waals surface area contributed by atoms with Crippen molar-refractivity contribution in [1.82, 2.24) is 9.78 Å².